The number of hydrogen-bond donors (Lipinski definition) is 0. The van der Waals surface area contributed by atoms with E-state index in [1.165, 1.54) is 6.92 Å². The molecule has 17 heavy (non-hydrogen) atoms. The first-order valence-corrected chi connectivity index (χ1v) is 5.97. The van der Waals surface area contributed by atoms with Gasteiger partial charge in [0.1, 0.15) is 5.78 Å². The molecule has 0 aliphatic carbocycles. The molecule has 1 heterocycles. The van der Waals surface area contributed by atoms with Crippen LogP contribution in [0.3, 0.4) is 0 Å². The van der Waals surface area contributed by atoms with Crippen LogP contribution in [0.25, 0.3) is 11.4 Å². The highest BCUT2D eigenvalue weighted by atomic mass is 79.9. The zero-order valence-corrected chi connectivity index (χ0v) is 11.1. The van der Waals surface area contributed by atoms with Crippen LogP contribution in [0, 0.1) is 0 Å². The summed E-state index contributed by atoms with van der Waals surface area (Å²) in [5, 5.41) is 3.87. The van der Waals surface area contributed by atoms with Crippen LogP contribution in [-0.4, -0.2) is 15.9 Å². The largest absolute Gasteiger partial charge is 0.338 e. The van der Waals surface area contributed by atoms with Gasteiger partial charge in [-0.3, -0.25) is 4.79 Å². The van der Waals surface area contributed by atoms with Gasteiger partial charge >= 0.3 is 0 Å². The summed E-state index contributed by atoms with van der Waals surface area (Å²) in [6, 6.07) is 7.59. The lowest BCUT2D eigenvalue weighted by atomic mass is 10.1. The van der Waals surface area contributed by atoms with Crippen molar-refractivity contribution < 1.29 is 9.32 Å². The lowest BCUT2D eigenvalue weighted by Crippen LogP contribution is -2.04. The van der Waals surface area contributed by atoms with E-state index in [4.69, 9.17) is 4.52 Å². The zero-order valence-electron chi connectivity index (χ0n) is 9.48. The molecule has 1 aromatic heterocycles. The number of benzene rings is 1. The molecule has 2 rings (SSSR count). The first-order valence-electron chi connectivity index (χ1n) is 5.18. The standard InChI is InChI=1S/C12H11BrN2O2/c1-7(8(2)16)12-14-11(15-17-12)9-4-3-5-10(13)6-9/h3-7H,1-2H3. The molecule has 1 atom stereocenters. The molecule has 0 bridgehead atoms. The maximum absolute atomic E-state index is 11.2. The fourth-order valence-electron chi connectivity index (χ4n) is 1.33. The molecule has 88 valence electrons. The predicted octanol–water partition coefficient (Wildman–Crippen LogP) is 3.19. The minimum Gasteiger partial charge on any atom is -0.338 e. The molecule has 0 aliphatic heterocycles. The van der Waals surface area contributed by atoms with E-state index in [1.807, 2.05) is 24.3 Å². The summed E-state index contributed by atoms with van der Waals surface area (Å²) in [6.07, 6.45) is 0. The molecule has 0 amide bonds. The normalized spacial score (nSPS) is 12.4. The van der Waals surface area contributed by atoms with Crippen LogP contribution >= 0.6 is 15.9 Å². The van der Waals surface area contributed by atoms with Gasteiger partial charge in [-0.15, -0.1) is 0 Å². The molecular weight excluding hydrogens is 284 g/mol. The highest BCUT2D eigenvalue weighted by molar-refractivity contribution is 9.10. The number of carbonyl (C=O) groups is 1. The Morgan fingerprint density at radius 3 is 2.88 bits per heavy atom. The Kier molecular flexibility index (Phi) is 3.38. The number of halogens is 1. The number of aromatic nitrogens is 2. The van der Waals surface area contributed by atoms with Gasteiger partial charge in [0.05, 0.1) is 5.92 Å². The number of carbonyl (C=O) groups excluding carboxylic acids is 1. The van der Waals surface area contributed by atoms with Crippen LogP contribution in [0.4, 0.5) is 0 Å². The average molecular weight is 295 g/mol. The number of nitrogens with zero attached hydrogens (tertiary/aromatic N) is 2. The highest BCUT2D eigenvalue weighted by Gasteiger charge is 2.18. The Labute approximate surface area is 107 Å². The predicted molar refractivity (Wildman–Crippen MR) is 66.5 cm³/mol. The van der Waals surface area contributed by atoms with Crippen molar-refractivity contribution in [2.75, 3.05) is 0 Å². The average Bonchev–Trinajstić information content (AvgIpc) is 2.77. The molecule has 5 heteroatoms. The summed E-state index contributed by atoms with van der Waals surface area (Å²) in [7, 11) is 0. The summed E-state index contributed by atoms with van der Waals surface area (Å²) < 4.78 is 6.03. The van der Waals surface area contributed by atoms with Crippen molar-refractivity contribution in [1.82, 2.24) is 10.1 Å². The van der Waals surface area contributed by atoms with E-state index in [0.29, 0.717) is 11.7 Å². The number of hydrogen-bond acceptors (Lipinski definition) is 4. The van der Waals surface area contributed by atoms with Crippen molar-refractivity contribution >= 4 is 21.7 Å². The van der Waals surface area contributed by atoms with Crippen LogP contribution in [0.2, 0.25) is 0 Å². The molecule has 0 N–H and O–H groups in total. The summed E-state index contributed by atoms with van der Waals surface area (Å²) in [4.78, 5) is 15.4. The van der Waals surface area contributed by atoms with Gasteiger partial charge in [0.25, 0.3) is 0 Å². The van der Waals surface area contributed by atoms with E-state index in [9.17, 15) is 4.79 Å². The third-order valence-electron chi connectivity index (χ3n) is 2.50. The van der Waals surface area contributed by atoms with E-state index in [-0.39, 0.29) is 11.7 Å². The Morgan fingerprint density at radius 2 is 2.24 bits per heavy atom. The van der Waals surface area contributed by atoms with Gasteiger partial charge in [-0.2, -0.15) is 4.98 Å². The number of Topliss-reactive ketones (excluding diaryl/α,β-unsaturated/α-hetero) is 1. The van der Waals surface area contributed by atoms with E-state index >= 15 is 0 Å². The van der Waals surface area contributed by atoms with Crippen molar-refractivity contribution in [3.05, 3.63) is 34.6 Å². The van der Waals surface area contributed by atoms with Gasteiger partial charge in [-0.05, 0) is 26.0 Å². The quantitative estimate of drug-likeness (QED) is 0.872. The van der Waals surface area contributed by atoms with E-state index in [0.717, 1.165) is 10.0 Å². The molecule has 0 saturated heterocycles. The van der Waals surface area contributed by atoms with E-state index in [1.54, 1.807) is 6.92 Å². The first kappa shape index (κ1) is 12.0. The molecule has 4 nitrogen and oxygen atoms in total. The van der Waals surface area contributed by atoms with Gasteiger partial charge < -0.3 is 4.52 Å². The molecule has 1 unspecified atom stereocenters. The van der Waals surface area contributed by atoms with Crippen molar-refractivity contribution in [2.24, 2.45) is 0 Å². The molecular formula is C12H11BrN2O2. The SMILES string of the molecule is CC(=O)C(C)c1nc(-c2cccc(Br)c2)no1. The highest BCUT2D eigenvalue weighted by Crippen LogP contribution is 2.22. The second kappa shape index (κ2) is 4.79. The fraction of sp³-hybridized carbons (Fsp3) is 0.250. The summed E-state index contributed by atoms with van der Waals surface area (Å²) in [5.41, 5.74) is 0.852. The second-order valence-electron chi connectivity index (χ2n) is 3.80. The third-order valence-corrected chi connectivity index (χ3v) is 3.00. The van der Waals surface area contributed by atoms with Crippen LogP contribution in [-0.2, 0) is 4.79 Å². The summed E-state index contributed by atoms with van der Waals surface area (Å²) >= 11 is 3.38. The maximum Gasteiger partial charge on any atom is 0.237 e. The monoisotopic (exact) mass is 294 g/mol. The Balaban J connectivity index is 2.33. The number of ketones is 1. The topological polar surface area (TPSA) is 56.0 Å². The van der Waals surface area contributed by atoms with Gasteiger partial charge in [0.15, 0.2) is 0 Å². The smallest absolute Gasteiger partial charge is 0.237 e. The molecule has 0 fully saturated rings. The minimum atomic E-state index is -0.358. The van der Waals surface area contributed by atoms with Crippen LogP contribution in [0.1, 0.15) is 25.7 Å². The van der Waals surface area contributed by atoms with E-state index < -0.39 is 0 Å². The molecule has 0 saturated carbocycles. The molecule has 1 aromatic carbocycles. The van der Waals surface area contributed by atoms with E-state index in [2.05, 4.69) is 26.1 Å². The van der Waals surface area contributed by atoms with Gasteiger partial charge in [-0.1, -0.05) is 33.2 Å². The summed E-state index contributed by atoms with van der Waals surface area (Å²) in [5.74, 6) is 0.500. The maximum atomic E-state index is 11.2. The lowest BCUT2D eigenvalue weighted by Gasteiger charge is -1.98. The van der Waals surface area contributed by atoms with Crippen molar-refractivity contribution in [3.8, 4) is 11.4 Å². The molecule has 0 radical (unpaired) electrons. The van der Waals surface area contributed by atoms with Crippen molar-refractivity contribution in [1.29, 1.82) is 0 Å². The van der Waals surface area contributed by atoms with Crippen molar-refractivity contribution in [3.63, 3.8) is 0 Å². The Morgan fingerprint density at radius 1 is 1.47 bits per heavy atom. The van der Waals surface area contributed by atoms with Crippen LogP contribution < -0.4 is 0 Å². The van der Waals surface area contributed by atoms with Crippen LogP contribution in [0.15, 0.2) is 33.3 Å². The third kappa shape index (κ3) is 2.61. The number of rotatable bonds is 3. The second-order valence-corrected chi connectivity index (χ2v) is 4.71. The fourth-order valence-corrected chi connectivity index (χ4v) is 1.73. The zero-order chi connectivity index (χ0) is 12.4. The van der Waals surface area contributed by atoms with Crippen LogP contribution in [0.5, 0.6) is 0 Å². The van der Waals surface area contributed by atoms with Gasteiger partial charge in [0, 0.05) is 10.0 Å². The molecule has 0 aliphatic rings. The lowest BCUT2D eigenvalue weighted by molar-refractivity contribution is -0.118. The summed E-state index contributed by atoms with van der Waals surface area (Å²) in [6.45, 7) is 3.26. The Bertz CT molecular complexity index is 551. The molecule has 0 spiro atoms. The molecule has 2 aromatic rings. The van der Waals surface area contributed by atoms with Gasteiger partial charge in [-0.25, -0.2) is 0 Å². The first-order chi connectivity index (χ1) is 8.08. The Hall–Kier alpha value is -1.49. The van der Waals surface area contributed by atoms with Crippen molar-refractivity contribution in [2.45, 2.75) is 19.8 Å². The van der Waals surface area contributed by atoms with Gasteiger partial charge in [0.2, 0.25) is 11.7 Å². The minimum absolute atomic E-state index is 0.00874.